The molecule has 1 aromatic carbocycles. The maximum Gasteiger partial charge on any atom is 0.231 e. The second-order valence-electron chi connectivity index (χ2n) is 5.75. The minimum Gasteiger partial charge on any atom is -0.369 e. The number of likely N-dealkylation sites (N-methyl/N-ethyl adjacent to an activating group) is 1. The lowest BCUT2D eigenvalue weighted by Crippen LogP contribution is -2.47. The molecular weight excluding hydrogens is 262 g/mol. The minimum absolute atomic E-state index is 0.00994. The van der Waals surface area contributed by atoms with Gasteiger partial charge in [0.05, 0.1) is 18.5 Å². The van der Waals surface area contributed by atoms with E-state index in [-0.39, 0.29) is 24.4 Å². The van der Waals surface area contributed by atoms with Crippen molar-refractivity contribution in [2.45, 2.75) is 38.1 Å². The molecule has 1 aromatic rings. The van der Waals surface area contributed by atoms with Crippen LogP contribution in [0.3, 0.4) is 0 Å². The van der Waals surface area contributed by atoms with Gasteiger partial charge in [-0.2, -0.15) is 5.26 Å². The zero-order valence-electron chi connectivity index (χ0n) is 12.5. The number of primary amides is 1. The molecule has 0 aliphatic heterocycles. The van der Waals surface area contributed by atoms with Crippen molar-refractivity contribution in [2.75, 3.05) is 13.1 Å². The van der Waals surface area contributed by atoms with E-state index in [0.29, 0.717) is 5.92 Å². The molecule has 1 fully saturated rings. The first-order valence-corrected chi connectivity index (χ1v) is 7.62. The Labute approximate surface area is 126 Å². The molecule has 1 aliphatic carbocycles. The molecule has 0 spiro atoms. The van der Waals surface area contributed by atoms with Gasteiger partial charge in [-0.25, -0.2) is 0 Å². The van der Waals surface area contributed by atoms with Gasteiger partial charge in [0.15, 0.2) is 0 Å². The van der Waals surface area contributed by atoms with Crippen molar-refractivity contribution < 1.29 is 4.79 Å². The molecule has 0 aromatic heterocycles. The van der Waals surface area contributed by atoms with Crippen molar-refractivity contribution in [3.8, 4) is 6.07 Å². The molecule has 1 saturated carbocycles. The Balaban J connectivity index is 2.16. The molecular formula is C17H23N3O. The predicted molar refractivity (Wildman–Crippen MR) is 82.4 cm³/mol. The first-order chi connectivity index (χ1) is 10.2. The van der Waals surface area contributed by atoms with E-state index in [9.17, 15) is 10.1 Å². The molecule has 3 atom stereocenters. The number of benzene rings is 1. The molecule has 21 heavy (non-hydrogen) atoms. The van der Waals surface area contributed by atoms with Crippen molar-refractivity contribution in [1.29, 1.82) is 5.26 Å². The standard InChI is InChI=1S/C17H23N3O/c1-2-20(12-17(19)21)16-10-14(8-9-15(16)11-18)13-6-4-3-5-7-13/h3-7,14-16H,2,8-10,12H2,1H3,(H2,19,21). The second kappa shape index (κ2) is 7.24. The second-order valence-corrected chi connectivity index (χ2v) is 5.75. The Kier molecular flexibility index (Phi) is 5.35. The summed E-state index contributed by atoms with van der Waals surface area (Å²) in [4.78, 5) is 13.3. The monoisotopic (exact) mass is 285 g/mol. The van der Waals surface area contributed by atoms with E-state index in [1.54, 1.807) is 0 Å². The summed E-state index contributed by atoms with van der Waals surface area (Å²) < 4.78 is 0. The Morgan fingerprint density at radius 1 is 1.38 bits per heavy atom. The van der Waals surface area contributed by atoms with Gasteiger partial charge in [0.2, 0.25) is 5.91 Å². The lowest BCUT2D eigenvalue weighted by Gasteiger charge is -2.39. The van der Waals surface area contributed by atoms with E-state index < -0.39 is 0 Å². The van der Waals surface area contributed by atoms with Crippen molar-refractivity contribution in [3.05, 3.63) is 35.9 Å². The van der Waals surface area contributed by atoms with Gasteiger partial charge in [-0.1, -0.05) is 37.3 Å². The summed E-state index contributed by atoms with van der Waals surface area (Å²) in [6.07, 6.45) is 2.84. The fourth-order valence-corrected chi connectivity index (χ4v) is 3.39. The van der Waals surface area contributed by atoms with Crippen LogP contribution in [0.15, 0.2) is 30.3 Å². The molecule has 4 heteroatoms. The molecule has 0 saturated heterocycles. The number of nitrogens with two attached hydrogens (primary N) is 1. The first-order valence-electron chi connectivity index (χ1n) is 7.62. The summed E-state index contributed by atoms with van der Waals surface area (Å²) >= 11 is 0. The molecule has 112 valence electrons. The maximum atomic E-state index is 11.3. The molecule has 1 aliphatic rings. The highest BCUT2D eigenvalue weighted by Gasteiger charge is 2.34. The number of hydrogen-bond acceptors (Lipinski definition) is 3. The molecule has 0 radical (unpaired) electrons. The number of rotatable bonds is 5. The summed E-state index contributed by atoms with van der Waals surface area (Å²) in [5.41, 5.74) is 6.67. The van der Waals surface area contributed by atoms with Gasteiger partial charge in [-0.05, 0) is 37.3 Å². The molecule has 1 amide bonds. The first kappa shape index (κ1) is 15.5. The highest BCUT2D eigenvalue weighted by Crippen LogP contribution is 2.37. The number of carbonyl (C=O) groups is 1. The summed E-state index contributed by atoms with van der Waals surface area (Å²) in [5.74, 6) is 0.127. The average Bonchev–Trinajstić information content (AvgIpc) is 2.52. The van der Waals surface area contributed by atoms with E-state index in [2.05, 4.69) is 35.2 Å². The van der Waals surface area contributed by atoms with Crippen LogP contribution in [0.25, 0.3) is 0 Å². The van der Waals surface area contributed by atoms with Crippen molar-refractivity contribution in [1.82, 2.24) is 4.90 Å². The van der Waals surface area contributed by atoms with Crippen LogP contribution in [-0.4, -0.2) is 29.9 Å². The van der Waals surface area contributed by atoms with E-state index in [1.165, 1.54) is 5.56 Å². The van der Waals surface area contributed by atoms with E-state index in [0.717, 1.165) is 25.8 Å². The highest BCUT2D eigenvalue weighted by molar-refractivity contribution is 5.76. The molecule has 3 unspecified atom stereocenters. The number of nitrogens with zero attached hydrogens (tertiary/aromatic N) is 2. The maximum absolute atomic E-state index is 11.3. The quantitative estimate of drug-likeness (QED) is 0.902. The summed E-state index contributed by atoms with van der Waals surface area (Å²) in [7, 11) is 0. The third-order valence-corrected chi connectivity index (χ3v) is 4.49. The third kappa shape index (κ3) is 3.83. The number of nitriles is 1. The van der Waals surface area contributed by atoms with Gasteiger partial charge in [0.1, 0.15) is 0 Å². The zero-order chi connectivity index (χ0) is 15.2. The molecule has 0 bridgehead atoms. The van der Waals surface area contributed by atoms with Crippen LogP contribution in [0.5, 0.6) is 0 Å². The SMILES string of the molecule is CCN(CC(N)=O)C1CC(c2ccccc2)CCC1C#N. The predicted octanol–water partition coefficient (Wildman–Crippen LogP) is 2.27. The van der Waals surface area contributed by atoms with Gasteiger partial charge < -0.3 is 5.73 Å². The van der Waals surface area contributed by atoms with Crippen LogP contribution in [-0.2, 0) is 4.79 Å². The van der Waals surface area contributed by atoms with Gasteiger partial charge in [-0.15, -0.1) is 0 Å². The average molecular weight is 285 g/mol. The van der Waals surface area contributed by atoms with Crippen molar-refractivity contribution in [3.63, 3.8) is 0 Å². The molecule has 0 heterocycles. The summed E-state index contributed by atoms with van der Waals surface area (Å²) in [5, 5.41) is 9.40. The minimum atomic E-state index is -0.324. The van der Waals surface area contributed by atoms with Gasteiger partial charge >= 0.3 is 0 Å². The molecule has 2 rings (SSSR count). The topological polar surface area (TPSA) is 70.1 Å². The van der Waals surface area contributed by atoms with Crippen molar-refractivity contribution >= 4 is 5.91 Å². The normalized spacial score (nSPS) is 25.5. The Morgan fingerprint density at radius 3 is 2.67 bits per heavy atom. The van der Waals surface area contributed by atoms with Crippen LogP contribution in [0.4, 0.5) is 0 Å². The lowest BCUT2D eigenvalue weighted by molar-refractivity contribution is -0.120. The van der Waals surface area contributed by atoms with Crippen LogP contribution < -0.4 is 5.73 Å². The van der Waals surface area contributed by atoms with Gasteiger partial charge in [-0.3, -0.25) is 9.69 Å². The Hall–Kier alpha value is -1.86. The summed E-state index contributed by atoms with van der Waals surface area (Å²) in [6, 6.07) is 13.0. The van der Waals surface area contributed by atoms with Crippen LogP contribution in [0.2, 0.25) is 0 Å². The zero-order valence-corrected chi connectivity index (χ0v) is 12.5. The fraction of sp³-hybridized carbons (Fsp3) is 0.529. The number of carbonyl (C=O) groups excluding carboxylic acids is 1. The third-order valence-electron chi connectivity index (χ3n) is 4.49. The fourth-order valence-electron chi connectivity index (χ4n) is 3.39. The molecule has 4 nitrogen and oxygen atoms in total. The van der Waals surface area contributed by atoms with Crippen LogP contribution in [0, 0.1) is 17.2 Å². The van der Waals surface area contributed by atoms with Gasteiger partial charge in [0.25, 0.3) is 0 Å². The van der Waals surface area contributed by atoms with Crippen LogP contribution >= 0.6 is 0 Å². The Morgan fingerprint density at radius 2 is 2.10 bits per heavy atom. The highest BCUT2D eigenvalue weighted by atomic mass is 16.1. The number of hydrogen-bond donors (Lipinski definition) is 1. The molecule has 2 N–H and O–H groups in total. The smallest absolute Gasteiger partial charge is 0.231 e. The van der Waals surface area contributed by atoms with E-state index in [1.807, 2.05) is 13.0 Å². The van der Waals surface area contributed by atoms with E-state index in [4.69, 9.17) is 5.73 Å². The number of amides is 1. The van der Waals surface area contributed by atoms with Gasteiger partial charge in [0, 0.05) is 6.04 Å². The summed E-state index contributed by atoms with van der Waals surface area (Å²) in [6.45, 7) is 3.00. The van der Waals surface area contributed by atoms with Crippen LogP contribution in [0.1, 0.15) is 37.7 Å². The van der Waals surface area contributed by atoms with E-state index >= 15 is 0 Å². The lowest BCUT2D eigenvalue weighted by atomic mass is 9.75. The largest absolute Gasteiger partial charge is 0.369 e. The van der Waals surface area contributed by atoms with Crippen molar-refractivity contribution in [2.24, 2.45) is 11.7 Å². The Bertz CT molecular complexity index is 509.